The van der Waals surface area contributed by atoms with Crippen molar-refractivity contribution < 1.29 is 22.8 Å². The second-order valence-electron chi connectivity index (χ2n) is 4.36. The number of aromatic nitrogens is 2. The molecule has 0 unspecified atom stereocenters. The predicted molar refractivity (Wildman–Crippen MR) is 70.1 cm³/mol. The van der Waals surface area contributed by atoms with Crippen LogP contribution in [0.3, 0.4) is 0 Å². The number of imidazole rings is 1. The molecule has 1 aromatic heterocycles. The third-order valence-corrected chi connectivity index (χ3v) is 2.71. The number of nitrogens with two attached hydrogens (primary N) is 1. The molecule has 6 nitrogen and oxygen atoms in total. The lowest BCUT2D eigenvalue weighted by Crippen LogP contribution is -2.33. The highest BCUT2D eigenvalue weighted by atomic mass is 19.4. The highest BCUT2D eigenvalue weighted by Crippen LogP contribution is 2.30. The lowest BCUT2D eigenvalue weighted by molar-refractivity contribution is -0.137. The van der Waals surface area contributed by atoms with Crippen LogP contribution in [-0.2, 0) is 11.0 Å². The molecule has 0 aliphatic heterocycles. The lowest BCUT2D eigenvalue weighted by Gasteiger charge is -2.08. The highest BCUT2D eigenvalue weighted by molar-refractivity contribution is 5.94. The van der Waals surface area contributed by atoms with Crippen LogP contribution >= 0.6 is 0 Å². The van der Waals surface area contributed by atoms with Crippen molar-refractivity contribution in [2.24, 2.45) is 5.73 Å². The van der Waals surface area contributed by atoms with Gasteiger partial charge in [-0.05, 0) is 18.2 Å². The van der Waals surface area contributed by atoms with E-state index in [2.05, 4.69) is 10.3 Å². The van der Waals surface area contributed by atoms with E-state index < -0.39 is 23.6 Å². The molecule has 0 atom stereocenters. The van der Waals surface area contributed by atoms with Crippen molar-refractivity contribution in [1.29, 1.82) is 0 Å². The van der Waals surface area contributed by atoms with Crippen molar-refractivity contribution in [3.63, 3.8) is 0 Å². The quantitative estimate of drug-likeness (QED) is 0.886. The second-order valence-corrected chi connectivity index (χ2v) is 4.36. The average Bonchev–Trinajstić information content (AvgIpc) is 2.94. The smallest absolute Gasteiger partial charge is 0.368 e. The maximum Gasteiger partial charge on any atom is 0.416 e. The van der Waals surface area contributed by atoms with Crippen LogP contribution < -0.4 is 11.1 Å². The number of amides is 2. The molecule has 22 heavy (non-hydrogen) atoms. The Morgan fingerprint density at radius 3 is 2.68 bits per heavy atom. The molecule has 2 rings (SSSR count). The summed E-state index contributed by atoms with van der Waals surface area (Å²) in [5.74, 6) is -1.37. The summed E-state index contributed by atoms with van der Waals surface area (Å²) >= 11 is 0. The number of alkyl halides is 3. The molecular formula is C13H11F3N4O2. The van der Waals surface area contributed by atoms with Gasteiger partial charge in [-0.15, -0.1) is 0 Å². The van der Waals surface area contributed by atoms with Gasteiger partial charge in [0.1, 0.15) is 12.0 Å². The number of nitrogens with one attached hydrogen (secondary N) is 1. The van der Waals surface area contributed by atoms with E-state index in [-0.39, 0.29) is 17.9 Å². The Balaban J connectivity index is 2.21. The van der Waals surface area contributed by atoms with Crippen molar-refractivity contribution in [1.82, 2.24) is 14.9 Å². The third kappa shape index (κ3) is 3.62. The molecule has 1 aromatic carbocycles. The molecule has 0 spiro atoms. The van der Waals surface area contributed by atoms with E-state index in [1.807, 2.05) is 0 Å². The van der Waals surface area contributed by atoms with Crippen LogP contribution in [0.5, 0.6) is 0 Å². The molecule has 116 valence electrons. The van der Waals surface area contributed by atoms with Crippen LogP contribution in [0.1, 0.15) is 16.1 Å². The van der Waals surface area contributed by atoms with Crippen molar-refractivity contribution in [2.45, 2.75) is 6.18 Å². The maximum absolute atomic E-state index is 12.7. The Morgan fingerprint density at radius 1 is 1.32 bits per heavy atom. The summed E-state index contributed by atoms with van der Waals surface area (Å²) in [6.07, 6.45) is -2.00. The van der Waals surface area contributed by atoms with Gasteiger partial charge >= 0.3 is 6.18 Å². The van der Waals surface area contributed by atoms with E-state index in [4.69, 9.17) is 5.73 Å². The summed E-state index contributed by atoms with van der Waals surface area (Å²) < 4.78 is 39.3. The van der Waals surface area contributed by atoms with Gasteiger partial charge in [0.25, 0.3) is 5.91 Å². The van der Waals surface area contributed by atoms with Gasteiger partial charge < -0.3 is 15.6 Å². The number of nitrogens with zero attached hydrogens (tertiary/aromatic N) is 2. The predicted octanol–water partition coefficient (Wildman–Crippen LogP) is 1.11. The van der Waals surface area contributed by atoms with E-state index >= 15 is 0 Å². The summed E-state index contributed by atoms with van der Waals surface area (Å²) in [4.78, 5) is 26.0. The number of rotatable bonds is 4. The molecule has 1 heterocycles. The third-order valence-electron chi connectivity index (χ3n) is 2.71. The Hall–Kier alpha value is -2.84. The number of carbonyl (C=O) groups is 2. The van der Waals surface area contributed by atoms with Crippen LogP contribution in [0.15, 0.2) is 36.8 Å². The standard InChI is InChI=1S/C13H11F3N4O2/c14-13(15,16)8-2-1-3-9(4-8)20-6-10(19-7-20)12(22)18-5-11(17)21/h1-4,6-7H,5H2,(H2,17,21)(H,18,22). The molecular weight excluding hydrogens is 301 g/mol. The topological polar surface area (TPSA) is 90.0 Å². The van der Waals surface area contributed by atoms with Crippen LogP contribution in [0, 0.1) is 0 Å². The number of benzene rings is 1. The molecule has 0 saturated carbocycles. The van der Waals surface area contributed by atoms with Gasteiger partial charge in [-0.2, -0.15) is 13.2 Å². The molecule has 0 aliphatic carbocycles. The molecule has 0 radical (unpaired) electrons. The van der Waals surface area contributed by atoms with Crippen molar-refractivity contribution in [2.75, 3.05) is 6.54 Å². The first-order valence-corrected chi connectivity index (χ1v) is 6.05. The van der Waals surface area contributed by atoms with Gasteiger partial charge in [-0.25, -0.2) is 4.98 Å². The molecule has 0 saturated heterocycles. The van der Waals surface area contributed by atoms with Crippen LogP contribution in [0.2, 0.25) is 0 Å². The molecule has 0 fully saturated rings. The Labute approximate surface area is 122 Å². The number of hydrogen-bond acceptors (Lipinski definition) is 3. The van der Waals surface area contributed by atoms with Crippen molar-refractivity contribution in [3.8, 4) is 5.69 Å². The molecule has 2 amide bonds. The maximum atomic E-state index is 12.7. The number of carbonyl (C=O) groups excluding carboxylic acids is 2. The average molecular weight is 312 g/mol. The molecule has 0 aliphatic rings. The van der Waals surface area contributed by atoms with E-state index in [1.165, 1.54) is 29.2 Å². The zero-order chi connectivity index (χ0) is 16.3. The first-order valence-electron chi connectivity index (χ1n) is 6.05. The summed E-state index contributed by atoms with van der Waals surface area (Å²) in [5.41, 5.74) is 4.24. The fourth-order valence-electron chi connectivity index (χ4n) is 1.68. The van der Waals surface area contributed by atoms with Crippen molar-refractivity contribution >= 4 is 11.8 Å². The highest BCUT2D eigenvalue weighted by Gasteiger charge is 2.30. The fraction of sp³-hybridized carbons (Fsp3) is 0.154. The Bertz CT molecular complexity index is 709. The first-order chi connectivity index (χ1) is 10.3. The number of hydrogen-bond donors (Lipinski definition) is 2. The van der Waals surface area contributed by atoms with E-state index in [0.717, 1.165) is 12.1 Å². The van der Waals surface area contributed by atoms with Crippen LogP contribution in [-0.4, -0.2) is 27.9 Å². The van der Waals surface area contributed by atoms with Crippen LogP contribution in [0.25, 0.3) is 5.69 Å². The monoisotopic (exact) mass is 312 g/mol. The minimum absolute atomic E-state index is 0.0429. The van der Waals surface area contributed by atoms with Gasteiger partial charge in [0.2, 0.25) is 5.91 Å². The summed E-state index contributed by atoms with van der Waals surface area (Å²) in [5, 5.41) is 2.23. The zero-order valence-electron chi connectivity index (χ0n) is 11.1. The van der Waals surface area contributed by atoms with Gasteiger partial charge in [0.05, 0.1) is 12.1 Å². The van der Waals surface area contributed by atoms with Crippen molar-refractivity contribution in [3.05, 3.63) is 48.0 Å². The summed E-state index contributed by atoms with van der Waals surface area (Å²) in [7, 11) is 0. The normalized spacial score (nSPS) is 11.2. The van der Waals surface area contributed by atoms with Gasteiger partial charge in [-0.1, -0.05) is 6.07 Å². The summed E-state index contributed by atoms with van der Waals surface area (Å²) in [6, 6.07) is 4.58. The SMILES string of the molecule is NC(=O)CNC(=O)c1cn(-c2cccc(C(F)(F)F)c2)cn1. The number of halogens is 3. The fourth-order valence-corrected chi connectivity index (χ4v) is 1.68. The van der Waals surface area contributed by atoms with E-state index in [9.17, 15) is 22.8 Å². The Kier molecular flexibility index (Phi) is 4.15. The van der Waals surface area contributed by atoms with Gasteiger partial charge in [0.15, 0.2) is 0 Å². The molecule has 0 bridgehead atoms. The lowest BCUT2D eigenvalue weighted by atomic mass is 10.2. The largest absolute Gasteiger partial charge is 0.416 e. The van der Waals surface area contributed by atoms with Crippen LogP contribution in [0.4, 0.5) is 13.2 Å². The van der Waals surface area contributed by atoms with E-state index in [1.54, 1.807) is 0 Å². The minimum atomic E-state index is -4.46. The van der Waals surface area contributed by atoms with Gasteiger partial charge in [-0.3, -0.25) is 9.59 Å². The number of primary amides is 1. The molecule has 9 heteroatoms. The molecule has 2 aromatic rings. The van der Waals surface area contributed by atoms with E-state index in [0.29, 0.717) is 0 Å². The Morgan fingerprint density at radius 2 is 2.05 bits per heavy atom. The zero-order valence-corrected chi connectivity index (χ0v) is 11.1. The molecule has 3 N–H and O–H groups in total. The first kappa shape index (κ1) is 15.5. The second kappa shape index (κ2) is 5.88. The minimum Gasteiger partial charge on any atom is -0.368 e. The summed E-state index contributed by atoms with van der Waals surface area (Å²) in [6.45, 7) is -0.352. The van der Waals surface area contributed by atoms with Gasteiger partial charge in [0, 0.05) is 11.9 Å².